The molecular weight excluding hydrogens is 274 g/mol. The van der Waals surface area contributed by atoms with Crippen LogP contribution in [-0.4, -0.2) is 44.0 Å². The molecule has 0 saturated carbocycles. The number of aromatic nitrogens is 2. The number of rotatable bonds is 4. The van der Waals surface area contributed by atoms with Gasteiger partial charge in [0, 0.05) is 25.4 Å². The zero-order valence-corrected chi connectivity index (χ0v) is 13.4. The fourth-order valence-corrected chi connectivity index (χ4v) is 2.06. The summed E-state index contributed by atoms with van der Waals surface area (Å²) in [6.07, 6.45) is 0.960. The number of carbonyl (C=O) groups excluding carboxylic acids is 1. The van der Waals surface area contributed by atoms with E-state index < -0.39 is 23.7 Å². The molecule has 0 saturated heterocycles. The summed E-state index contributed by atoms with van der Waals surface area (Å²) in [6.45, 7) is 8.87. The maximum Gasteiger partial charge on any atom is 0.411 e. The van der Waals surface area contributed by atoms with Crippen LogP contribution in [0.4, 0.5) is 4.79 Å². The van der Waals surface area contributed by atoms with Gasteiger partial charge in [-0.25, -0.2) is 9.59 Å². The van der Waals surface area contributed by atoms with E-state index in [0.29, 0.717) is 11.3 Å². The van der Waals surface area contributed by atoms with Crippen molar-refractivity contribution < 1.29 is 19.4 Å². The van der Waals surface area contributed by atoms with Gasteiger partial charge in [-0.3, -0.25) is 9.58 Å². The Balaban J connectivity index is 3.16. The highest BCUT2D eigenvalue weighted by molar-refractivity contribution is 5.81. The van der Waals surface area contributed by atoms with Gasteiger partial charge in [0.2, 0.25) is 0 Å². The van der Waals surface area contributed by atoms with Gasteiger partial charge in [0.25, 0.3) is 0 Å². The SMILES string of the molecule is CCN(C(=O)OC(C)(C)C)C(C(=O)O)c1cn(C)nc1C. The van der Waals surface area contributed by atoms with Crippen molar-refractivity contribution in [2.45, 2.75) is 46.3 Å². The van der Waals surface area contributed by atoms with Gasteiger partial charge in [-0.15, -0.1) is 0 Å². The first-order valence-electron chi connectivity index (χ1n) is 6.79. The number of likely N-dealkylation sites (N-methyl/N-ethyl adjacent to an activating group) is 1. The smallest absolute Gasteiger partial charge is 0.411 e. The first-order valence-corrected chi connectivity index (χ1v) is 6.79. The van der Waals surface area contributed by atoms with E-state index in [1.54, 1.807) is 47.9 Å². The molecule has 0 radical (unpaired) electrons. The first-order chi connectivity index (χ1) is 9.56. The average Bonchev–Trinajstić information content (AvgIpc) is 2.61. The molecule has 21 heavy (non-hydrogen) atoms. The lowest BCUT2D eigenvalue weighted by Gasteiger charge is -2.30. The lowest BCUT2D eigenvalue weighted by Crippen LogP contribution is -2.42. The highest BCUT2D eigenvalue weighted by Crippen LogP contribution is 2.25. The van der Waals surface area contributed by atoms with Crippen LogP contribution in [-0.2, 0) is 16.6 Å². The highest BCUT2D eigenvalue weighted by atomic mass is 16.6. The van der Waals surface area contributed by atoms with Crippen LogP contribution in [0.3, 0.4) is 0 Å². The molecule has 0 aromatic carbocycles. The van der Waals surface area contributed by atoms with Crippen LogP contribution in [0.1, 0.15) is 45.0 Å². The van der Waals surface area contributed by atoms with E-state index in [2.05, 4.69) is 5.10 Å². The molecule has 7 heteroatoms. The van der Waals surface area contributed by atoms with Gasteiger partial charge in [-0.2, -0.15) is 5.10 Å². The number of nitrogens with zero attached hydrogens (tertiary/aromatic N) is 3. The molecular formula is C14H23N3O4. The van der Waals surface area contributed by atoms with Gasteiger partial charge >= 0.3 is 12.1 Å². The fourth-order valence-electron chi connectivity index (χ4n) is 2.06. The summed E-state index contributed by atoms with van der Waals surface area (Å²) >= 11 is 0. The molecule has 1 amide bonds. The number of amides is 1. The normalized spacial score (nSPS) is 12.9. The van der Waals surface area contributed by atoms with Crippen molar-refractivity contribution in [2.24, 2.45) is 7.05 Å². The Morgan fingerprint density at radius 2 is 2.05 bits per heavy atom. The van der Waals surface area contributed by atoms with Gasteiger partial charge in [0.1, 0.15) is 5.60 Å². The maximum absolute atomic E-state index is 12.2. The zero-order chi connectivity index (χ0) is 16.4. The minimum Gasteiger partial charge on any atom is -0.479 e. The van der Waals surface area contributed by atoms with E-state index in [9.17, 15) is 14.7 Å². The molecule has 0 bridgehead atoms. The van der Waals surface area contributed by atoms with Crippen molar-refractivity contribution in [2.75, 3.05) is 6.54 Å². The molecule has 1 aromatic rings. The molecule has 1 N–H and O–H groups in total. The predicted octanol–water partition coefficient (Wildman–Crippen LogP) is 2.11. The molecule has 1 unspecified atom stereocenters. The Labute approximate surface area is 124 Å². The zero-order valence-electron chi connectivity index (χ0n) is 13.4. The maximum atomic E-state index is 12.2. The van der Waals surface area contributed by atoms with Gasteiger partial charge in [-0.05, 0) is 34.6 Å². The second-order valence-corrected chi connectivity index (χ2v) is 5.85. The predicted molar refractivity (Wildman–Crippen MR) is 76.9 cm³/mol. The molecule has 0 aliphatic rings. The molecule has 0 aliphatic heterocycles. The van der Waals surface area contributed by atoms with Gasteiger partial charge in [-0.1, -0.05) is 0 Å². The standard InChI is InChI=1S/C14H23N3O4/c1-7-17(13(20)21-14(3,4)5)11(12(18)19)10-8-16(6)15-9(10)2/h8,11H,7H2,1-6H3,(H,18,19). The van der Waals surface area contributed by atoms with E-state index in [1.807, 2.05) is 0 Å². The van der Waals surface area contributed by atoms with Crippen LogP contribution in [0.25, 0.3) is 0 Å². The molecule has 1 heterocycles. The second-order valence-electron chi connectivity index (χ2n) is 5.85. The highest BCUT2D eigenvalue weighted by Gasteiger charge is 2.35. The summed E-state index contributed by atoms with van der Waals surface area (Å²) in [7, 11) is 1.71. The number of carbonyl (C=O) groups is 2. The monoisotopic (exact) mass is 297 g/mol. The third-order valence-electron chi connectivity index (χ3n) is 2.86. The minimum atomic E-state index is -1.11. The molecule has 1 rings (SSSR count). The van der Waals surface area contributed by atoms with Crippen molar-refractivity contribution in [1.82, 2.24) is 14.7 Å². The van der Waals surface area contributed by atoms with Gasteiger partial charge in [0.15, 0.2) is 6.04 Å². The topological polar surface area (TPSA) is 84.7 Å². The van der Waals surface area contributed by atoms with Crippen LogP contribution < -0.4 is 0 Å². The average molecular weight is 297 g/mol. The number of hydrogen-bond acceptors (Lipinski definition) is 4. The summed E-state index contributed by atoms with van der Waals surface area (Å²) in [6, 6.07) is -1.11. The quantitative estimate of drug-likeness (QED) is 0.920. The number of aryl methyl sites for hydroxylation is 2. The number of ether oxygens (including phenoxy) is 1. The summed E-state index contributed by atoms with van der Waals surface area (Å²) in [5.41, 5.74) is 0.377. The molecule has 1 atom stereocenters. The van der Waals surface area contributed by atoms with Crippen LogP contribution in [0.15, 0.2) is 6.20 Å². The molecule has 0 fully saturated rings. The third-order valence-corrected chi connectivity index (χ3v) is 2.86. The summed E-state index contributed by atoms with van der Waals surface area (Å²) in [5.74, 6) is -1.11. The second kappa shape index (κ2) is 6.15. The number of hydrogen-bond donors (Lipinski definition) is 1. The van der Waals surface area contributed by atoms with Crippen LogP contribution in [0.5, 0.6) is 0 Å². The van der Waals surface area contributed by atoms with Crippen LogP contribution in [0, 0.1) is 6.92 Å². The summed E-state index contributed by atoms with van der Waals surface area (Å²) in [5, 5.41) is 13.7. The van der Waals surface area contributed by atoms with Crippen molar-refractivity contribution in [3.63, 3.8) is 0 Å². The molecule has 1 aromatic heterocycles. The Hall–Kier alpha value is -2.05. The Kier molecular flexibility index (Phi) is 4.98. The summed E-state index contributed by atoms with van der Waals surface area (Å²) in [4.78, 5) is 25.1. The van der Waals surface area contributed by atoms with Gasteiger partial charge < -0.3 is 9.84 Å². The number of aliphatic carboxylic acids is 1. The largest absolute Gasteiger partial charge is 0.479 e. The number of carboxylic acid groups (broad SMARTS) is 1. The fraction of sp³-hybridized carbons (Fsp3) is 0.643. The molecule has 7 nitrogen and oxygen atoms in total. The molecule has 0 spiro atoms. The van der Waals surface area contributed by atoms with Crippen LogP contribution in [0.2, 0.25) is 0 Å². The lowest BCUT2D eigenvalue weighted by atomic mass is 10.1. The van der Waals surface area contributed by atoms with E-state index in [1.165, 1.54) is 9.58 Å². The number of carboxylic acids is 1. The van der Waals surface area contributed by atoms with E-state index >= 15 is 0 Å². The van der Waals surface area contributed by atoms with Crippen molar-refractivity contribution in [3.05, 3.63) is 17.5 Å². The lowest BCUT2D eigenvalue weighted by molar-refractivity contribution is -0.143. The first kappa shape index (κ1) is 17.0. The Morgan fingerprint density at radius 3 is 2.38 bits per heavy atom. The molecule has 118 valence electrons. The Morgan fingerprint density at radius 1 is 1.48 bits per heavy atom. The van der Waals surface area contributed by atoms with Crippen molar-refractivity contribution in [1.29, 1.82) is 0 Å². The summed E-state index contributed by atoms with van der Waals surface area (Å²) < 4.78 is 6.82. The van der Waals surface area contributed by atoms with E-state index in [0.717, 1.165) is 0 Å². The van der Waals surface area contributed by atoms with E-state index in [-0.39, 0.29) is 6.54 Å². The Bertz CT molecular complexity index is 531. The molecule has 0 aliphatic carbocycles. The van der Waals surface area contributed by atoms with Gasteiger partial charge in [0.05, 0.1) is 5.69 Å². The van der Waals surface area contributed by atoms with Crippen molar-refractivity contribution in [3.8, 4) is 0 Å². The van der Waals surface area contributed by atoms with Crippen LogP contribution >= 0.6 is 0 Å². The van der Waals surface area contributed by atoms with Crippen molar-refractivity contribution >= 4 is 12.1 Å². The van der Waals surface area contributed by atoms with E-state index in [4.69, 9.17) is 4.74 Å². The minimum absolute atomic E-state index is 0.222. The third kappa shape index (κ3) is 4.21.